The zero-order valence-corrected chi connectivity index (χ0v) is 33.1. The Labute approximate surface area is 314 Å². The van der Waals surface area contributed by atoms with Gasteiger partial charge < -0.3 is 20.4 Å². The number of hydrogen-bond donors (Lipinski definition) is 3. The van der Waals surface area contributed by atoms with Gasteiger partial charge >= 0.3 is 11.9 Å². The number of nitrogens with zero attached hydrogens (tertiary/aromatic N) is 1. The van der Waals surface area contributed by atoms with Crippen LogP contribution in [0.3, 0.4) is 0 Å². The van der Waals surface area contributed by atoms with Crippen molar-refractivity contribution in [1.82, 2.24) is 10.2 Å². The van der Waals surface area contributed by atoms with E-state index >= 15 is 0 Å². The number of aliphatic carboxylic acids is 1. The van der Waals surface area contributed by atoms with E-state index in [0.717, 1.165) is 50.9 Å². The average molecular weight is 717 g/mol. The Morgan fingerprint density at radius 3 is 2.23 bits per heavy atom. The lowest BCUT2D eigenvalue weighted by atomic mass is 9.36. The van der Waals surface area contributed by atoms with Crippen LogP contribution in [0.15, 0.2) is 43.0 Å². The number of nitrogens with one attached hydrogen (secondary N) is 1. The quantitative estimate of drug-likeness (QED) is 0.147. The molecule has 5 aliphatic carbocycles. The molecule has 7 heteroatoms. The molecule has 5 aliphatic rings. The minimum atomic E-state index is -0.877. The molecule has 1 aromatic rings. The molecule has 0 spiro atoms. The number of fused-ring (bicyclic) bond motifs is 7. The number of amides is 1. The molecular formula is C45H68N2O5. The normalized spacial score (nSPS) is 34.3. The maximum absolute atomic E-state index is 14.1. The monoisotopic (exact) mass is 717 g/mol. The number of benzene rings is 1. The van der Waals surface area contributed by atoms with Gasteiger partial charge in [0.25, 0.3) is 0 Å². The van der Waals surface area contributed by atoms with Crippen molar-refractivity contribution in [3.05, 3.63) is 54.1 Å². The van der Waals surface area contributed by atoms with Gasteiger partial charge in [0.05, 0.1) is 11.0 Å². The van der Waals surface area contributed by atoms with Crippen LogP contribution in [0, 0.1) is 51.2 Å². The molecule has 0 aromatic heterocycles. The molecule has 288 valence electrons. The molecule has 4 saturated carbocycles. The number of aromatic carboxylic acids is 1. The lowest BCUT2D eigenvalue weighted by Crippen LogP contribution is -2.62. The van der Waals surface area contributed by atoms with Gasteiger partial charge in [-0.1, -0.05) is 65.3 Å². The number of carboxylic acids is 2. The zero-order valence-electron chi connectivity index (χ0n) is 33.1. The number of rotatable bonds is 12. The van der Waals surface area contributed by atoms with Crippen molar-refractivity contribution in [2.24, 2.45) is 51.2 Å². The molecule has 0 bridgehead atoms. The first-order chi connectivity index (χ1) is 24.7. The number of carbonyl (C=O) groups is 3. The Bertz CT molecular complexity index is 1480. The first-order valence-electron chi connectivity index (χ1n) is 20.5. The smallest absolute Gasteiger partial charge is 0.335 e. The third-order valence-corrected chi connectivity index (χ3v) is 15.2. The van der Waals surface area contributed by atoms with Crippen LogP contribution in [0.2, 0.25) is 0 Å². The maximum atomic E-state index is 14.1. The Morgan fingerprint density at radius 1 is 0.885 bits per heavy atom. The van der Waals surface area contributed by atoms with Crippen molar-refractivity contribution in [2.75, 3.05) is 26.2 Å². The average Bonchev–Trinajstić information content (AvgIpc) is 3.55. The molecule has 0 saturated heterocycles. The largest absolute Gasteiger partial charge is 0.481 e. The minimum absolute atomic E-state index is 0.00775. The number of carboxylic acid groups (broad SMARTS) is 2. The van der Waals surface area contributed by atoms with E-state index in [1.165, 1.54) is 50.5 Å². The van der Waals surface area contributed by atoms with Crippen LogP contribution >= 0.6 is 0 Å². The van der Waals surface area contributed by atoms with Crippen molar-refractivity contribution in [2.45, 2.75) is 125 Å². The van der Waals surface area contributed by atoms with Gasteiger partial charge in [-0.2, -0.15) is 0 Å². The van der Waals surface area contributed by atoms with E-state index in [1.54, 1.807) is 18.2 Å². The van der Waals surface area contributed by atoms with Crippen LogP contribution < -0.4 is 5.32 Å². The summed E-state index contributed by atoms with van der Waals surface area (Å²) in [5, 5.41) is 21.8. The molecular weight excluding hydrogens is 649 g/mol. The van der Waals surface area contributed by atoms with E-state index in [0.29, 0.717) is 59.4 Å². The van der Waals surface area contributed by atoms with E-state index in [-0.39, 0.29) is 22.7 Å². The molecule has 1 aromatic carbocycles. The number of hydrogen-bond acceptors (Lipinski definition) is 4. The highest BCUT2D eigenvalue weighted by molar-refractivity contribution is 5.88. The maximum Gasteiger partial charge on any atom is 0.335 e. The van der Waals surface area contributed by atoms with Gasteiger partial charge in [0.1, 0.15) is 0 Å². The molecule has 0 radical (unpaired) electrons. The van der Waals surface area contributed by atoms with Crippen LogP contribution in [-0.2, 0) is 9.59 Å². The van der Waals surface area contributed by atoms with Crippen LogP contribution in [0.25, 0.3) is 5.57 Å². The van der Waals surface area contributed by atoms with Gasteiger partial charge in [0.2, 0.25) is 5.91 Å². The first-order valence-corrected chi connectivity index (χ1v) is 20.5. The summed E-state index contributed by atoms with van der Waals surface area (Å²) in [6, 6.07) is 7.52. The third-order valence-electron chi connectivity index (χ3n) is 15.2. The molecule has 1 amide bonds. The summed E-state index contributed by atoms with van der Waals surface area (Å²) in [4.78, 5) is 38.8. The summed E-state index contributed by atoms with van der Waals surface area (Å²) in [5.41, 5.74) is 3.22. The van der Waals surface area contributed by atoms with Crippen LogP contribution in [0.5, 0.6) is 0 Å². The third kappa shape index (κ3) is 7.42. The highest BCUT2D eigenvalue weighted by Gasteiger charge is 2.66. The molecule has 8 unspecified atom stereocenters. The summed E-state index contributed by atoms with van der Waals surface area (Å²) < 4.78 is 0. The fourth-order valence-corrected chi connectivity index (χ4v) is 13.1. The topological polar surface area (TPSA) is 107 Å². The molecule has 52 heavy (non-hydrogen) atoms. The summed E-state index contributed by atoms with van der Waals surface area (Å²) in [6.07, 6.45) is 17.7. The van der Waals surface area contributed by atoms with Crippen molar-refractivity contribution < 1.29 is 24.6 Å². The highest BCUT2D eigenvalue weighted by atomic mass is 16.4. The van der Waals surface area contributed by atoms with Gasteiger partial charge in [0, 0.05) is 13.0 Å². The van der Waals surface area contributed by atoms with Crippen molar-refractivity contribution in [3.8, 4) is 0 Å². The Morgan fingerprint density at radius 2 is 1.58 bits per heavy atom. The van der Waals surface area contributed by atoms with E-state index in [1.807, 2.05) is 19.1 Å². The summed E-state index contributed by atoms with van der Waals surface area (Å²) in [6.45, 7) is 20.8. The fourth-order valence-electron chi connectivity index (χ4n) is 13.1. The summed E-state index contributed by atoms with van der Waals surface area (Å²) in [7, 11) is 0. The van der Waals surface area contributed by atoms with E-state index < -0.39 is 11.9 Å². The number of allylic oxidation sites excluding steroid dienone is 3. The van der Waals surface area contributed by atoms with Crippen LogP contribution in [-0.4, -0.2) is 59.1 Å². The van der Waals surface area contributed by atoms with Gasteiger partial charge in [-0.3, -0.25) is 9.59 Å². The first kappa shape index (κ1) is 40.3. The van der Waals surface area contributed by atoms with Gasteiger partial charge in [0.15, 0.2) is 0 Å². The molecule has 3 N–H and O–H groups in total. The summed E-state index contributed by atoms with van der Waals surface area (Å²) >= 11 is 0. The standard InChI is InChI=1S/C42H62N2O5.C3H6/c1-6-44(26-8-11-36(45)46)27-9-25-43-38(49)42-21-7-10-33(42)30-16-17-35-40(4,32(30)19-24-42)23-20-34-39(2,3)31(18-22-41(34,35)5)28-12-14-29(15-13-28)37(47)48;1-3-2/h12-15,18,30,32-35H,6-11,16-17,19-27H2,1-5H3,(H,43,49)(H,45,46)(H,47,48);3H,1H2,2H3. The molecule has 0 aliphatic heterocycles. The minimum Gasteiger partial charge on any atom is -0.481 e. The second-order valence-electron chi connectivity index (χ2n) is 18.1. The van der Waals surface area contributed by atoms with Gasteiger partial charge in [-0.25, -0.2) is 4.79 Å². The van der Waals surface area contributed by atoms with Gasteiger partial charge in [-0.15, -0.1) is 6.58 Å². The van der Waals surface area contributed by atoms with Crippen LogP contribution in [0.1, 0.15) is 141 Å². The number of carbonyl (C=O) groups excluding carboxylic acids is 1. The molecule has 6 rings (SSSR count). The summed E-state index contributed by atoms with van der Waals surface area (Å²) in [5.74, 6) is 1.78. The Kier molecular flexibility index (Phi) is 12.5. The Hall–Kier alpha value is -2.93. The van der Waals surface area contributed by atoms with Crippen molar-refractivity contribution in [1.29, 1.82) is 0 Å². The second-order valence-corrected chi connectivity index (χ2v) is 18.1. The zero-order chi connectivity index (χ0) is 37.9. The Balaban J connectivity index is 0.00000168. The van der Waals surface area contributed by atoms with E-state index in [9.17, 15) is 19.5 Å². The molecule has 4 fully saturated rings. The molecule has 8 atom stereocenters. The fraction of sp³-hybridized carbons (Fsp3) is 0.711. The predicted octanol–water partition coefficient (Wildman–Crippen LogP) is 9.73. The molecule has 0 heterocycles. The van der Waals surface area contributed by atoms with Gasteiger partial charge in [-0.05, 0) is 166 Å². The van der Waals surface area contributed by atoms with Crippen molar-refractivity contribution >= 4 is 23.4 Å². The SMILES string of the molecule is C=CC.CCN(CCCNC(=O)C12CCCC1C1CCC3C(C)(CCC4C(C)(C)C(c5ccc(C(=O)O)cc5)=CCC43C)C1CC2)CCCC(=O)O. The lowest BCUT2D eigenvalue weighted by molar-refractivity contribution is -0.181. The van der Waals surface area contributed by atoms with Crippen molar-refractivity contribution in [3.63, 3.8) is 0 Å². The lowest BCUT2D eigenvalue weighted by Gasteiger charge is -2.68. The second kappa shape index (κ2) is 16.2. The van der Waals surface area contributed by atoms with E-state index in [2.05, 4.69) is 57.5 Å². The predicted molar refractivity (Wildman–Crippen MR) is 210 cm³/mol. The highest BCUT2D eigenvalue weighted by Crippen LogP contribution is 2.73. The van der Waals surface area contributed by atoms with E-state index in [4.69, 9.17) is 5.11 Å². The molecule has 7 nitrogen and oxygen atoms in total. The van der Waals surface area contributed by atoms with Crippen LogP contribution in [0.4, 0.5) is 0 Å².